The van der Waals surface area contributed by atoms with Crippen LogP contribution in [0.25, 0.3) is 0 Å². The molecule has 2 rings (SSSR count). The lowest BCUT2D eigenvalue weighted by Gasteiger charge is -2.03. The van der Waals surface area contributed by atoms with Crippen molar-refractivity contribution < 1.29 is 19.1 Å². The maximum Gasteiger partial charge on any atom is 0.309 e. The summed E-state index contributed by atoms with van der Waals surface area (Å²) in [5.41, 5.74) is 0.166. The van der Waals surface area contributed by atoms with Gasteiger partial charge in [0, 0.05) is 10.4 Å². The zero-order chi connectivity index (χ0) is 14.7. The molecular weight excluding hydrogens is 307 g/mol. The standard InChI is InChI=1S/C12H8ClFN2O3S/c13-6-1-2-8(9(14)3-6)11(19)16-12-15-7(5-20-12)4-10(17)18/h1-3,5H,4H2,(H,17,18)(H,15,16,19). The summed E-state index contributed by atoms with van der Waals surface area (Å²) in [6.45, 7) is 0. The van der Waals surface area contributed by atoms with Gasteiger partial charge in [-0.05, 0) is 18.2 Å². The molecule has 2 aromatic rings. The molecule has 0 aliphatic heterocycles. The Kier molecular flexibility index (Phi) is 4.31. The van der Waals surface area contributed by atoms with E-state index in [1.165, 1.54) is 17.5 Å². The van der Waals surface area contributed by atoms with Gasteiger partial charge in [0.2, 0.25) is 0 Å². The molecule has 2 N–H and O–H groups in total. The zero-order valence-corrected chi connectivity index (χ0v) is 11.5. The van der Waals surface area contributed by atoms with Gasteiger partial charge in [0.1, 0.15) is 5.82 Å². The first kappa shape index (κ1) is 14.4. The van der Waals surface area contributed by atoms with E-state index in [1.54, 1.807) is 0 Å². The summed E-state index contributed by atoms with van der Waals surface area (Å²) < 4.78 is 13.5. The number of thiazole rings is 1. The van der Waals surface area contributed by atoms with Crippen molar-refractivity contribution in [1.82, 2.24) is 4.98 Å². The van der Waals surface area contributed by atoms with Gasteiger partial charge in [0.15, 0.2) is 5.13 Å². The predicted octanol–water partition coefficient (Wildman–Crippen LogP) is 2.82. The number of hydrogen-bond donors (Lipinski definition) is 2. The number of carbonyl (C=O) groups is 2. The number of aromatic nitrogens is 1. The molecule has 8 heteroatoms. The lowest BCUT2D eigenvalue weighted by atomic mass is 10.2. The van der Waals surface area contributed by atoms with Crippen molar-refractivity contribution in [3.05, 3.63) is 45.7 Å². The number of carbonyl (C=O) groups excluding carboxylic acids is 1. The third-order valence-corrected chi connectivity index (χ3v) is 3.32. The van der Waals surface area contributed by atoms with Crippen LogP contribution in [-0.2, 0) is 11.2 Å². The van der Waals surface area contributed by atoms with E-state index >= 15 is 0 Å². The van der Waals surface area contributed by atoms with Crippen LogP contribution in [0.1, 0.15) is 16.1 Å². The first-order valence-corrected chi connectivity index (χ1v) is 6.64. The number of carboxylic acid groups (broad SMARTS) is 1. The summed E-state index contributed by atoms with van der Waals surface area (Å²) in [5, 5.41) is 12.9. The molecule has 1 aromatic carbocycles. The minimum atomic E-state index is -1.02. The Balaban J connectivity index is 2.11. The molecule has 1 heterocycles. The number of benzene rings is 1. The fourth-order valence-electron chi connectivity index (χ4n) is 1.44. The summed E-state index contributed by atoms with van der Waals surface area (Å²) >= 11 is 6.66. The molecule has 0 spiro atoms. The monoisotopic (exact) mass is 314 g/mol. The second kappa shape index (κ2) is 5.98. The van der Waals surface area contributed by atoms with E-state index in [4.69, 9.17) is 16.7 Å². The highest BCUT2D eigenvalue weighted by Gasteiger charge is 2.14. The minimum absolute atomic E-state index is 0.163. The van der Waals surface area contributed by atoms with Crippen molar-refractivity contribution in [3.63, 3.8) is 0 Å². The van der Waals surface area contributed by atoms with Crippen molar-refractivity contribution in [2.24, 2.45) is 0 Å². The van der Waals surface area contributed by atoms with E-state index in [-0.39, 0.29) is 22.1 Å². The van der Waals surface area contributed by atoms with Crippen LogP contribution in [0.3, 0.4) is 0 Å². The van der Waals surface area contributed by atoms with E-state index < -0.39 is 17.7 Å². The van der Waals surface area contributed by atoms with Gasteiger partial charge >= 0.3 is 5.97 Å². The maximum absolute atomic E-state index is 13.5. The molecule has 0 atom stereocenters. The number of amides is 1. The zero-order valence-electron chi connectivity index (χ0n) is 9.89. The number of carboxylic acids is 1. The second-order valence-electron chi connectivity index (χ2n) is 3.79. The van der Waals surface area contributed by atoms with Gasteiger partial charge in [-0.3, -0.25) is 14.9 Å². The van der Waals surface area contributed by atoms with Gasteiger partial charge in [-0.25, -0.2) is 9.37 Å². The molecule has 0 fully saturated rings. The van der Waals surface area contributed by atoms with Crippen molar-refractivity contribution in [3.8, 4) is 0 Å². The SMILES string of the molecule is O=C(O)Cc1csc(NC(=O)c2ccc(Cl)cc2F)n1. The lowest BCUT2D eigenvalue weighted by molar-refractivity contribution is -0.136. The average Bonchev–Trinajstić information content (AvgIpc) is 2.75. The summed E-state index contributed by atoms with van der Waals surface area (Å²) in [4.78, 5) is 26.3. The molecule has 0 aliphatic rings. The van der Waals surface area contributed by atoms with Crippen LogP contribution in [0.4, 0.5) is 9.52 Å². The van der Waals surface area contributed by atoms with E-state index in [9.17, 15) is 14.0 Å². The molecule has 0 aliphatic carbocycles. The highest BCUT2D eigenvalue weighted by Crippen LogP contribution is 2.19. The molecule has 0 radical (unpaired) electrons. The summed E-state index contributed by atoms with van der Waals surface area (Å²) in [6.07, 6.45) is -0.234. The van der Waals surface area contributed by atoms with Crippen LogP contribution in [0.15, 0.2) is 23.6 Å². The van der Waals surface area contributed by atoms with Crippen LogP contribution in [-0.4, -0.2) is 22.0 Å². The first-order valence-electron chi connectivity index (χ1n) is 5.38. The lowest BCUT2D eigenvalue weighted by Crippen LogP contribution is -2.13. The molecule has 20 heavy (non-hydrogen) atoms. The Morgan fingerprint density at radius 2 is 2.20 bits per heavy atom. The number of rotatable bonds is 4. The van der Waals surface area contributed by atoms with Gasteiger partial charge in [-0.2, -0.15) is 0 Å². The first-order chi connectivity index (χ1) is 9.45. The van der Waals surface area contributed by atoms with Crippen LogP contribution in [0.5, 0.6) is 0 Å². The molecule has 104 valence electrons. The van der Waals surface area contributed by atoms with Crippen molar-refractivity contribution >= 4 is 39.9 Å². The van der Waals surface area contributed by atoms with Gasteiger partial charge in [0.25, 0.3) is 5.91 Å². The van der Waals surface area contributed by atoms with E-state index in [2.05, 4.69) is 10.3 Å². The Hall–Kier alpha value is -1.99. The van der Waals surface area contributed by atoms with Gasteiger partial charge in [-0.1, -0.05) is 11.6 Å². The van der Waals surface area contributed by atoms with Crippen LogP contribution in [0.2, 0.25) is 5.02 Å². The summed E-state index contributed by atoms with van der Waals surface area (Å²) in [6, 6.07) is 3.70. The van der Waals surface area contributed by atoms with Crippen LogP contribution in [0, 0.1) is 5.82 Å². The Bertz CT molecular complexity index is 674. The minimum Gasteiger partial charge on any atom is -0.481 e. The summed E-state index contributed by atoms with van der Waals surface area (Å²) in [7, 11) is 0. The van der Waals surface area contributed by atoms with Crippen LogP contribution < -0.4 is 5.32 Å². The third kappa shape index (κ3) is 3.52. The molecular formula is C12H8ClFN2O3S. The number of nitrogens with one attached hydrogen (secondary N) is 1. The van der Waals surface area contributed by atoms with Gasteiger partial charge in [0.05, 0.1) is 17.7 Å². The van der Waals surface area contributed by atoms with E-state index in [1.807, 2.05) is 0 Å². The predicted molar refractivity (Wildman–Crippen MR) is 72.8 cm³/mol. The number of hydrogen-bond acceptors (Lipinski definition) is 4. The smallest absolute Gasteiger partial charge is 0.309 e. The summed E-state index contributed by atoms with van der Waals surface area (Å²) in [5.74, 6) is -2.43. The molecule has 1 amide bonds. The topological polar surface area (TPSA) is 79.3 Å². The highest BCUT2D eigenvalue weighted by atomic mass is 35.5. The Morgan fingerprint density at radius 1 is 1.45 bits per heavy atom. The number of anilines is 1. The second-order valence-corrected chi connectivity index (χ2v) is 5.09. The number of nitrogens with zero attached hydrogens (tertiary/aromatic N) is 1. The molecule has 0 bridgehead atoms. The van der Waals surface area contributed by atoms with Gasteiger partial charge in [-0.15, -0.1) is 11.3 Å². The Labute approximate surface area is 122 Å². The molecule has 0 unspecified atom stereocenters. The largest absolute Gasteiger partial charge is 0.481 e. The number of aliphatic carboxylic acids is 1. The fourth-order valence-corrected chi connectivity index (χ4v) is 2.30. The maximum atomic E-state index is 13.5. The van der Waals surface area contributed by atoms with Crippen molar-refractivity contribution in [2.75, 3.05) is 5.32 Å². The Morgan fingerprint density at radius 3 is 2.85 bits per heavy atom. The van der Waals surface area contributed by atoms with Crippen molar-refractivity contribution in [2.45, 2.75) is 6.42 Å². The number of halogens is 2. The molecule has 0 saturated heterocycles. The normalized spacial score (nSPS) is 10.3. The highest BCUT2D eigenvalue weighted by molar-refractivity contribution is 7.14. The van der Waals surface area contributed by atoms with Gasteiger partial charge < -0.3 is 5.11 Å². The molecule has 0 saturated carbocycles. The quantitative estimate of drug-likeness (QED) is 0.909. The third-order valence-electron chi connectivity index (χ3n) is 2.28. The van der Waals surface area contributed by atoms with E-state index in [0.29, 0.717) is 5.69 Å². The fraction of sp³-hybridized carbons (Fsp3) is 0.0833. The molecule has 5 nitrogen and oxygen atoms in total. The van der Waals surface area contributed by atoms with E-state index in [0.717, 1.165) is 17.4 Å². The average molecular weight is 315 g/mol. The molecule has 1 aromatic heterocycles. The van der Waals surface area contributed by atoms with Crippen LogP contribution >= 0.6 is 22.9 Å². The van der Waals surface area contributed by atoms with Crippen molar-refractivity contribution in [1.29, 1.82) is 0 Å².